The van der Waals surface area contributed by atoms with Crippen LogP contribution in [-0.4, -0.2) is 11.8 Å². The Labute approximate surface area is 146 Å². The van der Waals surface area contributed by atoms with E-state index in [0.29, 0.717) is 5.02 Å². The molecule has 114 valence electrons. The second-order valence-corrected chi connectivity index (χ2v) is 5.97. The molecule has 0 aliphatic heterocycles. The first kappa shape index (κ1) is 17.1. The molecule has 0 aromatic heterocycles. The average molecular weight is 378 g/mol. The van der Waals surface area contributed by atoms with E-state index in [4.69, 9.17) is 51.1 Å². The van der Waals surface area contributed by atoms with Crippen molar-refractivity contribution in [3.8, 4) is 5.75 Å². The van der Waals surface area contributed by atoms with E-state index in [1.807, 2.05) is 0 Å². The van der Waals surface area contributed by atoms with Gasteiger partial charge in [-0.1, -0.05) is 46.4 Å². The number of carbonyl (C=O) groups is 2. The highest BCUT2D eigenvalue weighted by Gasteiger charge is 2.18. The number of halogens is 4. The highest BCUT2D eigenvalue weighted by atomic mass is 35.5. The molecular weight excluding hydrogens is 370 g/mol. The van der Waals surface area contributed by atoms with Crippen molar-refractivity contribution < 1.29 is 14.3 Å². The molecule has 0 fully saturated rings. The van der Waals surface area contributed by atoms with Gasteiger partial charge in [0.25, 0.3) is 0 Å². The van der Waals surface area contributed by atoms with Gasteiger partial charge in [-0.15, -0.1) is 0 Å². The van der Waals surface area contributed by atoms with Crippen LogP contribution in [0.2, 0.25) is 20.1 Å². The Bertz CT molecular complexity index is 748. The van der Waals surface area contributed by atoms with Crippen molar-refractivity contribution in [3.05, 3.63) is 61.5 Å². The summed E-state index contributed by atoms with van der Waals surface area (Å²) < 4.78 is 4.90. The molecule has 2 aromatic carbocycles. The summed E-state index contributed by atoms with van der Waals surface area (Å²) in [6.45, 7) is 1.22. The minimum atomic E-state index is -0.566. The number of esters is 1. The number of carbonyl (C=O) groups excluding carboxylic acids is 2. The summed E-state index contributed by atoms with van der Waals surface area (Å²) in [7, 11) is 0. The fourth-order valence-corrected chi connectivity index (χ4v) is 2.82. The number of rotatable bonds is 3. The van der Waals surface area contributed by atoms with Crippen molar-refractivity contribution in [2.45, 2.75) is 6.92 Å². The molecular formula is C15H8Cl4O3. The number of ketones is 1. The molecule has 7 heteroatoms. The quantitative estimate of drug-likeness (QED) is 0.405. The van der Waals surface area contributed by atoms with E-state index >= 15 is 0 Å². The van der Waals surface area contributed by atoms with Crippen LogP contribution in [0.3, 0.4) is 0 Å². The third kappa shape index (κ3) is 3.73. The van der Waals surface area contributed by atoms with Crippen molar-refractivity contribution in [1.29, 1.82) is 0 Å². The zero-order valence-electron chi connectivity index (χ0n) is 11.1. The van der Waals surface area contributed by atoms with Crippen LogP contribution in [0.5, 0.6) is 5.75 Å². The van der Waals surface area contributed by atoms with Gasteiger partial charge < -0.3 is 4.74 Å². The molecule has 0 spiro atoms. The summed E-state index contributed by atoms with van der Waals surface area (Å²) in [5.74, 6) is -0.932. The molecule has 0 bridgehead atoms. The van der Waals surface area contributed by atoms with E-state index in [0.717, 1.165) is 0 Å². The van der Waals surface area contributed by atoms with E-state index in [-0.39, 0.29) is 37.7 Å². The molecule has 3 nitrogen and oxygen atoms in total. The van der Waals surface area contributed by atoms with Gasteiger partial charge in [0.1, 0.15) is 0 Å². The van der Waals surface area contributed by atoms with Crippen molar-refractivity contribution in [3.63, 3.8) is 0 Å². The Morgan fingerprint density at radius 2 is 1.50 bits per heavy atom. The van der Waals surface area contributed by atoms with Crippen molar-refractivity contribution in [2.24, 2.45) is 0 Å². The fourth-order valence-electron chi connectivity index (χ4n) is 1.76. The minimum Gasteiger partial charge on any atom is -0.424 e. The standard InChI is InChI=1S/C15H8Cl4O3/c1-7(20)22-15-12(18)4-8(5-13(15)19)14(21)10-3-2-9(16)6-11(10)17/h2-6H,1H3. The molecule has 0 aliphatic carbocycles. The maximum absolute atomic E-state index is 12.5. The summed E-state index contributed by atoms with van der Waals surface area (Å²) in [5.41, 5.74) is 0.480. The Morgan fingerprint density at radius 3 is 2.00 bits per heavy atom. The average Bonchev–Trinajstić information content (AvgIpc) is 2.41. The lowest BCUT2D eigenvalue weighted by atomic mass is 10.0. The molecule has 0 radical (unpaired) electrons. The van der Waals surface area contributed by atoms with Crippen LogP contribution in [0.15, 0.2) is 30.3 Å². The molecule has 0 saturated carbocycles. The Morgan fingerprint density at radius 1 is 0.909 bits per heavy atom. The van der Waals surface area contributed by atoms with E-state index in [2.05, 4.69) is 0 Å². The largest absolute Gasteiger partial charge is 0.424 e. The molecule has 22 heavy (non-hydrogen) atoms. The lowest BCUT2D eigenvalue weighted by Gasteiger charge is -2.09. The second-order valence-electron chi connectivity index (χ2n) is 4.32. The zero-order valence-corrected chi connectivity index (χ0v) is 14.1. The fraction of sp³-hybridized carbons (Fsp3) is 0.0667. The highest BCUT2D eigenvalue weighted by Crippen LogP contribution is 2.35. The minimum absolute atomic E-state index is 0.00888. The number of hydrogen-bond acceptors (Lipinski definition) is 3. The van der Waals surface area contributed by atoms with Crippen molar-refractivity contribution in [2.75, 3.05) is 0 Å². The molecule has 0 N–H and O–H groups in total. The SMILES string of the molecule is CC(=O)Oc1c(Cl)cc(C(=O)c2ccc(Cl)cc2Cl)cc1Cl. The first-order valence-electron chi connectivity index (χ1n) is 5.97. The van der Waals surface area contributed by atoms with E-state index < -0.39 is 5.97 Å². The monoisotopic (exact) mass is 376 g/mol. The summed E-state index contributed by atoms with van der Waals surface area (Å²) in [6.07, 6.45) is 0. The molecule has 0 amide bonds. The van der Waals surface area contributed by atoms with Crippen molar-refractivity contribution >= 4 is 58.2 Å². The first-order valence-corrected chi connectivity index (χ1v) is 7.48. The molecule has 0 unspecified atom stereocenters. The van der Waals surface area contributed by atoms with E-state index in [1.165, 1.54) is 31.2 Å². The van der Waals surface area contributed by atoms with Gasteiger partial charge in [-0.2, -0.15) is 0 Å². The first-order chi connectivity index (χ1) is 10.3. The van der Waals surface area contributed by atoms with Crippen LogP contribution in [0, 0.1) is 0 Å². The van der Waals surface area contributed by atoms with Gasteiger partial charge in [-0.05, 0) is 30.3 Å². The molecule has 0 heterocycles. The van der Waals surface area contributed by atoms with Gasteiger partial charge in [0.05, 0.1) is 15.1 Å². The summed E-state index contributed by atoms with van der Waals surface area (Å²) in [4.78, 5) is 23.5. The van der Waals surface area contributed by atoms with Crippen LogP contribution in [0.25, 0.3) is 0 Å². The summed E-state index contributed by atoms with van der Waals surface area (Å²) in [5, 5.41) is 0.740. The Balaban J connectivity index is 2.45. The smallest absolute Gasteiger partial charge is 0.308 e. The van der Waals surface area contributed by atoms with Gasteiger partial charge in [-0.25, -0.2) is 0 Å². The van der Waals surface area contributed by atoms with Crippen LogP contribution in [0.1, 0.15) is 22.8 Å². The third-order valence-electron chi connectivity index (χ3n) is 2.68. The lowest BCUT2D eigenvalue weighted by molar-refractivity contribution is -0.131. The van der Waals surface area contributed by atoms with Gasteiger partial charge in [0.15, 0.2) is 11.5 Å². The predicted octanol–water partition coefficient (Wildman–Crippen LogP) is 5.46. The molecule has 0 atom stereocenters. The summed E-state index contributed by atoms with van der Waals surface area (Å²) >= 11 is 23.8. The maximum atomic E-state index is 12.5. The highest BCUT2D eigenvalue weighted by molar-refractivity contribution is 6.39. The van der Waals surface area contributed by atoms with Crippen molar-refractivity contribution in [1.82, 2.24) is 0 Å². The second kappa shape index (κ2) is 6.88. The zero-order chi connectivity index (χ0) is 16.4. The van der Waals surface area contributed by atoms with Crippen LogP contribution in [-0.2, 0) is 4.79 Å². The number of ether oxygens (including phenoxy) is 1. The Kier molecular flexibility index (Phi) is 5.35. The van der Waals surface area contributed by atoms with E-state index in [1.54, 1.807) is 6.07 Å². The Hall–Kier alpha value is -1.26. The summed E-state index contributed by atoms with van der Waals surface area (Å²) in [6, 6.07) is 7.25. The molecule has 2 aromatic rings. The van der Waals surface area contributed by atoms with Gasteiger partial charge in [0.2, 0.25) is 0 Å². The maximum Gasteiger partial charge on any atom is 0.308 e. The molecule has 0 saturated heterocycles. The molecule has 0 aliphatic rings. The number of benzene rings is 2. The van der Waals surface area contributed by atoms with Crippen LogP contribution >= 0.6 is 46.4 Å². The lowest BCUT2D eigenvalue weighted by Crippen LogP contribution is -2.06. The van der Waals surface area contributed by atoms with Gasteiger partial charge in [0, 0.05) is 23.1 Å². The van der Waals surface area contributed by atoms with E-state index in [9.17, 15) is 9.59 Å². The third-order valence-corrected chi connectivity index (χ3v) is 3.79. The predicted molar refractivity (Wildman–Crippen MR) is 87.7 cm³/mol. The van der Waals surface area contributed by atoms with Gasteiger partial charge in [-0.3, -0.25) is 9.59 Å². The van der Waals surface area contributed by atoms with Crippen LogP contribution < -0.4 is 4.74 Å². The topological polar surface area (TPSA) is 43.4 Å². The molecule has 2 rings (SSSR count). The normalized spacial score (nSPS) is 10.4. The van der Waals surface area contributed by atoms with Crippen LogP contribution in [0.4, 0.5) is 0 Å². The van der Waals surface area contributed by atoms with Gasteiger partial charge >= 0.3 is 5.97 Å². The number of hydrogen-bond donors (Lipinski definition) is 0.